The molecule has 0 aromatic carbocycles. The van der Waals surface area contributed by atoms with Crippen molar-refractivity contribution >= 4 is 5.91 Å². The predicted molar refractivity (Wildman–Crippen MR) is 80.9 cm³/mol. The Labute approximate surface area is 118 Å². The van der Waals surface area contributed by atoms with Crippen LogP contribution in [-0.2, 0) is 4.79 Å². The summed E-state index contributed by atoms with van der Waals surface area (Å²) in [7, 11) is 0. The Morgan fingerprint density at radius 1 is 1.16 bits per heavy atom. The number of hydrogen-bond donors (Lipinski definition) is 1. The molecule has 0 spiro atoms. The van der Waals surface area contributed by atoms with Gasteiger partial charge in [0.1, 0.15) is 0 Å². The Morgan fingerprint density at radius 3 is 2.21 bits per heavy atom. The topological polar surface area (TPSA) is 46.3 Å². The fraction of sp³-hybridized carbons (Fsp3) is 0.938. The van der Waals surface area contributed by atoms with Crippen molar-refractivity contribution in [2.75, 3.05) is 13.1 Å². The fourth-order valence-corrected chi connectivity index (χ4v) is 3.03. The molecule has 1 saturated carbocycles. The van der Waals surface area contributed by atoms with E-state index in [1.165, 1.54) is 12.8 Å². The molecule has 0 aliphatic heterocycles. The largest absolute Gasteiger partial charge is 0.343 e. The molecule has 3 nitrogen and oxygen atoms in total. The molecular weight excluding hydrogens is 236 g/mol. The Kier molecular flexibility index (Phi) is 7.44. The number of nitrogens with zero attached hydrogens (tertiary/aromatic N) is 1. The Balaban J connectivity index is 2.40. The van der Waals surface area contributed by atoms with Gasteiger partial charge in [-0.3, -0.25) is 4.79 Å². The van der Waals surface area contributed by atoms with Crippen LogP contribution in [0.5, 0.6) is 0 Å². The van der Waals surface area contributed by atoms with E-state index in [-0.39, 0.29) is 0 Å². The average molecular weight is 268 g/mol. The molecule has 1 rings (SSSR count). The molecule has 1 fully saturated rings. The van der Waals surface area contributed by atoms with E-state index in [9.17, 15) is 4.79 Å². The maximum Gasteiger partial charge on any atom is 0.222 e. The van der Waals surface area contributed by atoms with E-state index in [1.54, 1.807) is 0 Å². The number of amides is 1. The van der Waals surface area contributed by atoms with E-state index >= 15 is 0 Å². The van der Waals surface area contributed by atoms with Gasteiger partial charge in [-0.1, -0.05) is 26.7 Å². The van der Waals surface area contributed by atoms with Gasteiger partial charge in [0.2, 0.25) is 5.91 Å². The molecule has 1 amide bonds. The summed E-state index contributed by atoms with van der Waals surface area (Å²) in [5, 5.41) is 0. The predicted octanol–water partition coefficient (Wildman–Crippen LogP) is 3.18. The van der Waals surface area contributed by atoms with Crippen molar-refractivity contribution in [3.05, 3.63) is 0 Å². The quantitative estimate of drug-likeness (QED) is 0.771. The van der Waals surface area contributed by atoms with Crippen molar-refractivity contribution in [3.63, 3.8) is 0 Å². The van der Waals surface area contributed by atoms with Crippen LogP contribution in [-0.4, -0.2) is 29.9 Å². The van der Waals surface area contributed by atoms with E-state index in [0.717, 1.165) is 45.2 Å². The van der Waals surface area contributed by atoms with Crippen LogP contribution >= 0.6 is 0 Å². The molecule has 0 aromatic heterocycles. The Morgan fingerprint density at radius 2 is 1.74 bits per heavy atom. The first-order valence-corrected chi connectivity index (χ1v) is 8.13. The lowest BCUT2D eigenvalue weighted by atomic mass is 9.84. The van der Waals surface area contributed by atoms with Gasteiger partial charge in [0.25, 0.3) is 0 Å². The van der Waals surface area contributed by atoms with Crippen LogP contribution in [0.2, 0.25) is 0 Å². The smallest absolute Gasteiger partial charge is 0.222 e. The highest BCUT2D eigenvalue weighted by atomic mass is 16.2. The second-order valence-corrected chi connectivity index (χ2v) is 6.10. The molecule has 0 heterocycles. The molecule has 0 unspecified atom stereocenters. The summed E-state index contributed by atoms with van der Waals surface area (Å²) in [6.07, 6.45) is 7.52. The number of hydrogen-bond acceptors (Lipinski definition) is 2. The summed E-state index contributed by atoms with van der Waals surface area (Å²) in [6.45, 7) is 8.32. The molecule has 19 heavy (non-hydrogen) atoms. The van der Waals surface area contributed by atoms with E-state index in [4.69, 9.17) is 5.73 Å². The van der Waals surface area contributed by atoms with Gasteiger partial charge in [-0.15, -0.1) is 0 Å². The molecule has 1 aliphatic carbocycles. The van der Waals surface area contributed by atoms with E-state index in [1.807, 2.05) is 0 Å². The zero-order valence-electron chi connectivity index (χ0n) is 13.0. The SMILES string of the molecule is CCC(CC)CN(CC)C(=O)CC1CCC(N)CC1. The normalized spacial score (nSPS) is 23.6. The maximum absolute atomic E-state index is 12.4. The van der Waals surface area contributed by atoms with Gasteiger partial charge in [0.05, 0.1) is 0 Å². The van der Waals surface area contributed by atoms with E-state index < -0.39 is 0 Å². The van der Waals surface area contributed by atoms with Gasteiger partial charge < -0.3 is 10.6 Å². The van der Waals surface area contributed by atoms with Crippen molar-refractivity contribution in [2.45, 2.75) is 71.8 Å². The standard InChI is InChI=1S/C16H32N2O/c1-4-13(5-2)12-18(6-3)16(19)11-14-7-9-15(17)10-8-14/h13-15H,4-12,17H2,1-3H3. The van der Waals surface area contributed by atoms with E-state index in [0.29, 0.717) is 23.8 Å². The second kappa shape index (κ2) is 8.57. The lowest BCUT2D eigenvalue weighted by molar-refractivity contribution is -0.133. The molecule has 1 aliphatic rings. The highest BCUT2D eigenvalue weighted by Gasteiger charge is 2.23. The lowest BCUT2D eigenvalue weighted by Gasteiger charge is -2.30. The lowest BCUT2D eigenvalue weighted by Crippen LogP contribution is -2.37. The third kappa shape index (κ3) is 5.52. The Bertz CT molecular complexity index is 255. The van der Waals surface area contributed by atoms with Crippen LogP contribution < -0.4 is 5.73 Å². The minimum Gasteiger partial charge on any atom is -0.343 e. The number of carbonyl (C=O) groups is 1. The highest BCUT2D eigenvalue weighted by molar-refractivity contribution is 5.76. The van der Waals surface area contributed by atoms with Crippen molar-refractivity contribution in [3.8, 4) is 0 Å². The summed E-state index contributed by atoms with van der Waals surface area (Å²) < 4.78 is 0. The molecule has 0 atom stereocenters. The molecular formula is C16H32N2O. The van der Waals surface area contributed by atoms with Crippen molar-refractivity contribution < 1.29 is 4.79 Å². The van der Waals surface area contributed by atoms with Gasteiger partial charge >= 0.3 is 0 Å². The van der Waals surface area contributed by atoms with Crippen LogP contribution in [0.1, 0.15) is 65.7 Å². The first kappa shape index (κ1) is 16.5. The van der Waals surface area contributed by atoms with E-state index in [2.05, 4.69) is 25.7 Å². The first-order valence-electron chi connectivity index (χ1n) is 8.13. The van der Waals surface area contributed by atoms with Crippen molar-refractivity contribution in [1.29, 1.82) is 0 Å². The second-order valence-electron chi connectivity index (χ2n) is 6.10. The van der Waals surface area contributed by atoms with Crippen molar-refractivity contribution in [1.82, 2.24) is 4.90 Å². The zero-order valence-corrected chi connectivity index (χ0v) is 13.0. The Hall–Kier alpha value is -0.570. The third-order valence-electron chi connectivity index (χ3n) is 4.72. The zero-order chi connectivity index (χ0) is 14.3. The molecule has 0 saturated heterocycles. The van der Waals surface area contributed by atoms with Gasteiger partial charge in [-0.25, -0.2) is 0 Å². The van der Waals surface area contributed by atoms with Crippen molar-refractivity contribution in [2.24, 2.45) is 17.6 Å². The fourth-order valence-electron chi connectivity index (χ4n) is 3.03. The average Bonchev–Trinajstić information content (AvgIpc) is 2.42. The van der Waals surface area contributed by atoms with Crippen LogP contribution in [0.4, 0.5) is 0 Å². The minimum absolute atomic E-state index is 0.356. The number of nitrogens with two attached hydrogens (primary N) is 1. The molecule has 112 valence electrons. The molecule has 3 heteroatoms. The maximum atomic E-state index is 12.4. The summed E-state index contributed by atoms with van der Waals surface area (Å²) >= 11 is 0. The summed E-state index contributed by atoms with van der Waals surface area (Å²) in [4.78, 5) is 14.4. The van der Waals surface area contributed by atoms with Gasteiger partial charge in [-0.05, 0) is 44.4 Å². The summed E-state index contributed by atoms with van der Waals surface area (Å²) in [5.41, 5.74) is 5.92. The van der Waals surface area contributed by atoms with Gasteiger partial charge in [-0.2, -0.15) is 0 Å². The van der Waals surface area contributed by atoms with Crippen LogP contribution in [0.25, 0.3) is 0 Å². The number of rotatable bonds is 7. The summed E-state index contributed by atoms with van der Waals surface area (Å²) in [5.74, 6) is 1.58. The summed E-state index contributed by atoms with van der Waals surface area (Å²) in [6, 6.07) is 0.373. The number of carbonyl (C=O) groups excluding carboxylic acids is 1. The molecule has 0 radical (unpaired) electrons. The van der Waals surface area contributed by atoms with Crippen LogP contribution in [0, 0.1) is 11.8 Å². The first-order chi connectivity index (χ1) is 9.10. The molecule has 0 aromatic rings. The van der Waals surface area contributed by atoms with Crippen LogP contribution in [0.15, 0.2) is 0 Å². The van der Waals surface area contributed by atoms with Gasteiger partial charge in [0, 0.05) is 25.6 Å². The molecule has 0 bridgehead atoms. The highest BCUT2D eigenvalue weighted by Crippen LogP contribution is 2.26. The minimum atomic E-state index is 0.356. The molecule has 2 N–H and O–H groups in total. The monoisotopic (exact) mass is 268 g/mol. The van der Waals surface area contributed by atoms with Gasteiger partial charge in [0.15, 0.2) is 0 Å². The third-order valence-corrected chi connectivity index (χ3v) is 4.72. The van der Waals surface area contributed by atoms with Crippen LogP contribution in [0.3, 0.4) is 0 Å².